The molecule has 0 atom stereocenters. The minimum absolute atomic E-state index is 0.521. The number of thioether (sulfide) groups is 1. The van der Waals surface area contributed by atoms with Gasteiger partial charge in [0.25, 0.3) is 0 Å². The molecular weight excluding hydrogens is 232 g/mol. The van der Waals surface area contributed by atoms with Crippen molar-refractivity contribution in [3.05, 3.63) is 0 Å². The number of hydrogen-bond donors (Lipinski definition) is 1. The second-order valence-electron chi connectivity index (χ2n) is 5.12. The fraction of sp³-hybridized carbons (Fsp3) is 1.00. The quantitative estimate of drug-likeness (QED) is 0.809. The first-order valence-electron chi connectivity index (χ1n) is 6.95. The molecule has 1 saturated carbocycles. The summed E-state index contributed by atoms with van der Waals surface area (Å²) >= 11 is 2.09. The van der Waals surface area contributed by atoms with E-state index in [1.807, 2.05) is 7.11 Å². The van der Waals surface area contributed by atoms with Crippen LogP contribution in [0, 0.1) is 0 Å². The number of nitrogens with one attached hydrogen (secondary N) is 1. The standard InChI is InChI=1S/C13H26N2OS/c1-16-13-4-2-12(3-5-13)14-6-7-15-8-10-17-11-9-15/h12-14H,2-11H2,1H3. The molecule has 2 aliphatic rings. The lowest BCUT2D eigenvalue weighted by molar-refractivity contribution is 0.0623. The molecule has 0 amide bonds. The van der Waals surface area contributed by atoms with Crippen molar-refractivity contribution in [2.24, 2.45) is 0 Å². The Bertz CT molecular complexity index is 202. The zero-order chi connectivity index (χ0) is 11.9. The largest absolute Gasteiger partial charge is 0.381 e. The van der Waals surface area contributed by atoms with Crippen molar-refractivity contribution in [2.45, 2.75) is 37.8 Å². The smallest absolute Gasteiger partial charge is 0.0572 e. The van der Waals surface area contributed by atoms with Gasteiger partial charge in [-0.05, 0) is 25.7 Å². The molecule has 2 fully saturated rings. The van der Waals surface area contributed by atoms with Crippen LogP contribution in [0.3, 0.4) is 0 Å². The number of rotatable bonds is 5. The first-order valence-corrected chi connectivity index (χ1v) is 8.10. The highest BCUT2D eigenvalue weighted by molar-refractivity contribution is 7.99. The lowest BCUT2D eigenvalue weighted by Gasteiger charge is -2.30. The van der Waals surface area contributed by atoms with Crippen LogP contribution in [0.4, 0.5) is 0 Å². The summed E-state index contributed by atoms with van der Waals surface area (Å²) in [6.07, 6.45) is 5.55. The van der Waals surface area contributed by atoms with Gasteiger partial charge in [-0.25, -0.2) is 0 Å². The van der Waals surface area contributed by atoms with E-state index in [9.17, 15) is 0 Å². The van der Waals surface area contributed by atoms with Crippen LogP contribution in [0.1, 0.15) is 25.7 Å². The number of hydrogen-bond acceptors (Lipinski definition) is 4. The van der Waals surface area contributed by atoms with E-state index in [1.54, 1.807) is 0 Å². The van der Waals surface area contributed by atoms with E-state index in [-0.39, 0.29) is 0 Å². The third kappa shape index (κ3) is 4.78. The summed E-state index contributed by atoms with van der Waals surface area (Å²) in [5.74, 6) is 2.64. The number of ether oxygens (including phenoxy) is 1. The number of nitrogens with zero attached hydrogens (tertiary/aromatic N) is 1. The van der Waals surface area contributed by atoms with Crippen LogP contribution in [0.25, 0.3) is 0 Å². The Labute approximate surface area is 110 Å². The molecule has 17 heavy (non-hydrogen) atoms. The van der Waals surface area contributed by atoms with E-state index in [0.29, 0.717) is 6.10 Å². The third-order valence-corrected chi connectivity index (χ3v) is 4.91. The van der Waals surface area contributed by atoms with Crippen LogP contribution in [-0.2, 0) is 4.74 Å². The van der Waals surface area contributed by atoms with Gasteiger partial charge in [-0.15, -0.1) is 0 Å². The molecule has 0 spiro atoms. The van der Waals surface area contributed by atoms with Gasteiger partial charge in [-0.1, -0.05) is 0 Å². The minimum Gasteiger partial charge on any atom is -0.381 e. The van der Waals surface area contributed by atoms with Crippen molar-refractivity contribution in [2.75, 3.05) is 44.8 Å². The lowest BCUT2D eigenvalue weighted by atomic mass is 9.93. The molecule has 4 heteroatoms. The molecule has 0 unspecified atom stereocenters. The second kappa shape index (κ2) is 7.62. The van der Waals surface area contributed by atoms with E-state index in [4.69, 9.17) is 4.74 Å². The lowest BCUT2D eigenvalue weighted by Crippen LogP contribution is -2.42. The molecule has 1 aliphatic heterocycles. The molecule has 3 nitrogen and oxygen atoms in total. The maximum absolute atomic E-state index is 5.40. The summed E-state index contributed by atoms with van der Waals surface area (Å²) in [5.41, 5.74) is 0. The van der Waals surface area contributed by atoms with E-state index >= 15 is 0 Å². The van der Waals surface area contributed by atoms with Gasteiger partial charge < -0.3 is 15.0 Å². The first kappa shape index (κ1) is 13.7. The Morgan fingerprint density at radius 1 is 1.18 bits per heavy atom. The summed E-state index contributed by atoms with van der Waals surface area (Å²) in [7, 11) is 1.84. The van der Waals surface area contributed by atoms with Gasteiger partial charge in [-0.3, -0.25) is 0 Å². The van der Waals surface area contributed by atoms with Crippen LogP contribution in [-0.4, -0.2) is 61.8 Å². The molecule has 0 aromatic carbocycles. The summed E-state index contributed by atoms with van der Waals surface area (Å²) < 4.78 is 5.40. The molecule has 100 valence electrons. The maximum Gasteiger partial charge on any atom is 0.0572 e. The zero-order valence-corrected chi connectivity index (χ0v) is 11.8. The molecule has 1 N–H and O–H groups in total. The highest BCUT2D eigenvalue weighted by Gasteiger charge is 2.20. The van der Waals surface area contributed by atoms with Gasteiger partial charge in [0.1, 0.15) is 0 Å². The predicted molar refractivity (Wildman–Crippen MR) is 74.8 cm³/mol. The third-order valence-electron chi connectivity index (χ3n) is 3.97. The van der Waals surface area contributed by atoms with E-state index < -0.39 is 0 Å². The van der Waals surface area contributed by atoms with Crippen molar-refractivity contribution in [1.29, 1.82) is 0 Å². The van der Waals surface area contributed by atoms with Gasteiger partial charge in [-0.2, -0.15) is 11.8 Å². The Morgan fingerprint density at radius 2 is 1.88 bits per heavy atom. The Kier molecular flexibility index (Phi) is 6.12. The van der Waals surface area contributed by atoms with Crippen LogP contribution < -0.4 is 5.32 Å². The zero-order valence-electron chi connectivity index (χ0n) is 11.0. The van der Waals surface area contributed by atoms with Crippen LogP contribution >= 0.6 is 11.8 Å². The molecule has 2 rings (SSSR count). The van der Waals surface area contributed by atoms with Crippen molar-refractivity contribution in [3.8, 4) is 0 Å². The second-order valence-corrected chi connectivity index (χ2v) is 6.34. The molecule has 1 aliphatic carbocycles. The van der Waals surface area contributed by atoms with Gasteiger partial charge in [0.15, 0.2) is 0 Å². The molecule has 0 aromatic heterocycles. The molecule has 0 aromatic rings. The Morgan fingerprint density at radius 3 is 2.53 bits per heavy atom. The van der Waals surface area contributed by atoms with E-state index in [2.05, 4.69) is 22.0 Å². The molecular formula is C13H26N2OS. The normalized spacial score (nSPS) is 31.6. The molecule has 0 radical (unpaired) electrons. The van der Waals surface area contributed by atoms with Gasteiger partial charge in [0.2, 0.25) is 0 Å². The van der Waals surface area contributed by atoms with Crippen molar-refractivity contribution >= 4 is 11.8 Å². The van der Waals surface area contributed by atoms with E-state index in [1.165, 1.54) is 56.8 Å². The number of methoxy groups -OCH3 is 1. The topological polar surface area (TPSA) is 24.5 Å². The maximum atomic E-state index is 5.40. The van der Waals surface area contributed by atoms with E-state index in [0.717, 1.165) is 12.6 Å². The SMILES string of the molecule is COC1CCC(NCCN2CCSCC2)CC1. The molecule has 1 saturated heterocycles. The van der Waals surface area contributed by atoms with Crippen LogP contribution in [0.5, 0.6) is 0 Å². The Balaban J connectivity index is 1.53. The fourth-order valence-electron chi connectivity index (χ4n) is 2.75. The average molecular weight is 258 g/mol. The summed E-state index contributed by atoms with van der Waals surface area (Å²) in [4.78, 5) is 2.59. The summed E-state index contributed by atoms with van der Waals surface area (Å²) in [5, 5.41) is 3.71. The van der Waals surface area contributed by atoms with Crippen molar-refractivity contribution in [3.63, 3.8) is 0 Å². The molecule has 0 bridgehead atoms. The minimum atomic E-state index is 0.521. The van der Waals surface area contributed by atoms with Gasteiger partial charge in [0.05, 0.1) is 6.10 Å². The summed E-state index contributed by atoms with van der Waals surface area (Å²) in [6.45, 7) is 4.95. The van der Waals surface area contributed by atoms with Crippen LogP contribution in [0.15, 0.2) is 0 Å². The highest BCUT2D eigenvalue weighted by Crippen LogP contribution is 2.20. The van der Waals surface area contributed by atoms with Gasteiger partial charge in [0, 0.05) is 50.8 Å². The predicted octanol–water partition coefficient (Wildman–Crippen LogP) is 1.58. The van der Waals surface area contributed by atoms with Crippen LogP contribution in [0.2, 0.25) is 0 Å². The fourth-order valence-corrected chi connectivity index (χ4v) is 3.73. The Hall–Kier alpha value is 0.230. The average Bonchev–Trinajstić information content (AvgIpc) is 2.41. The first-order chi connectivity index (χ1) is 8.38. The van der Waals surface area contributed by atoms with Crippen molar-refractivity contribution in [1.82, 2.24) is 10.2 Å². The monoisotopic (exact) mass is 258 g/mol. The molecule has 1 heterocycles. The summed E-state index contributed by atoms with van der Waals surface area (Å²) in [6, 6.07) is 0.737. The highest BCUT2D eigenvalue weighted by atomic mass is 32.2. The van der Waals surface area contributed by atoms with Crippen molar-refractivity contribution < 1.29 is 4.74 Å². The van der Waals surface area contributed by atoms with Gasteiger partial charge >= 0.3 is 0 Å².